The van der Waals surface area contributed by atoms with Crippen molar-refractivity contribution in [1.29, 1.82) is 0 Å². The molecule has 0 aromatic heterocycles. The van der Waals surface area contributed by atoms with E-state index in [1.54, 1.807) is 0 Å². The van der Waals surface area contributed by atoms with Crippen molar-refractivity contribution in [3.05, 3.63) is 108 Å². The van der Waals surface area contributed by atoms with Gasteiger partial charge in [-0.25, -0.2) is 0 Å². The third kappa shape index (κ3) is 3.48. The molecule has 128 valence electrons. The largest absolute Gasteiger partial charge is 0.314 e. The Labute approximate surface area is 155 Å². The van der Waals surface area contributed by atoms with Gasteiger partial charge in [-0.05, 0) is 61.2 Å². The fraction of sp³-hybridized carbons (Fsp3) is 0.120. The zero-order valence-corrected chi connectivity index (χ0v) is 15.1. The second-order valence-corrected chi connectivity index (χ2v) is 6.71. The molecule has 0 saturated heterocycles. The summed E-state index contributed by atoms with van der Waals surface area (Å²) in [5.41, 5.74) is 7.60. The number of para-hydroxylation sites is 1. The molecule has 1 nitrogen and oxygen atoms in total. The number of anilines is 2. The number of rotatable bonds is 4. The fourth-order valence-corrected chi connectivity index (χ4v) is 3.51. The van der Waals surface area contributed by atoms with E-state index in [1.807, 2.05) is 0 Å². The fourth-order valence-electron chi connectivity index (χ4n) is 3.51. The van der Waals surface area contributed by atoms with Crippen molar-refractivity contribution in [2.45, 2.75) is 19.8 Å². The highest BCUT2D eigenvalue weighted by Gasteiger charge is 2.16. The van der Waals surface area contributed by atoms with E-state index in [1.165, 1.54) is 33.8 Å². The van der Waals surface area contributed by atoms with E-state index in [9.17, 15) is 0 Å². The van der Waals surface area contributed by atoms with E-state index in [2.05, 4.69) is 109 Å². The Morgan fingerprint density at radius 1 is 0.654 bits per heavy atom. The SMILES string of the molecule is CC1=CCCC(N(c2ccccc2)c2ccc(-c3ccccc3)cc2)=C1. The van der Waals surface area contributed by atoms with Gasteiger partial charge in [0.2, 0.25) is 0 Å². The number of benzene rings is 3. The first kappa shape index (κ1) is 16.4. The molecule has 1 aliphatic carbocycles. The van der Waals surface area contributed by atoms with Crippen LogP contribution in [-0.4, -0.2) is 0 Å². The molecule has 3 aromatic carbocycles. The monoisotopic (exact) mass is 337 g/mol. The quantitative estimate of drug-likeness (QED) is 0.490. The van der Waals surface area contributed by atoms with Crippen LogP contribution in [0, 0.1) is 0 Å². The van der Waals surface area contributed by atoms with Gasteiger partial charge in [-0.2, -0.15) is 0 Å². The molecule has 4 rings (SSSR count). The van der Waals surface area contributed by atoms with Crippen LogP contribution in [0.1, 0.15) is 19.8 Å². The second kappa shape index (κ2) is 7.45. The van der Waals surface area contributed by atoms with E-state index in [4.69, 9.17) is 0 Å². The molecule has 0 amide bonds. The minimum Gasteiger partial charge on any atom is -0.314 e. The summed E-state index contributed by atoms with van der Waals surface area (Å²) in [5.74, 6) is 0. The van der Waals surface area contributed by atoms with E-state index >= 15 is 0 Å². The molecule has 0 fully saturated rings. The molecule has 0 bridgehead atoms. The Morgan fingerprint density at radius 3 is 1.88 bits per heavy atom. The zero-order valence-electron chi connectivity index (χ0n) is 15.1. The van der Waals surface area contributed by atoms with Crippen molar-refractivity contribution in [3.63, 3.8) is 0 Å². The summed E-state index contributed by atoms with van der Waals surface area (Å²) in [6, 6.07) is 30.1. The van der Waals surface area contributed by atoms with Crippen molar-refractivity contribution in [2.24, 2.45) is 0 Å². The van der Waals surface area contributed by atoms with Crippen molar-refractivity contribution >= 4 is 11.4 Å². The van der Waals surface area contributed by atoms with E-state index in [0.29, 0.717) is 0 Å². The average Bonchev–Trinajstić information content (AvgIpc) is 2.70. The molecular formula is C25H23N. The second-order valence-electron chi connectivity index (χ2n) is 6.71. The Morgan fingerprint density at radius 2 is 1.23 bits per heavy atom. The Balaban J connectivity index is 1.74. The molecule has 0 N–H and O–H groups in total. The summed E-state index contributed by atoms with van der Waals surface area (Å²) in [6.45, 7) is 2.18. The molecule has 0 atom stereocenters. The smallest absolute Gasteiger partial charge is 0.0458 e. The highest BCUT2D eigenvalue weighted by molar-refractivity contribution is 5.73. The summed E-state index contributed by atoms with van der Waals surface area (Å²) < 4.78 is 0. The molecule has 26 heavy (non-hydrogen) atoms. The van der Waals surface area contributed by atoms with Gasteiger partial charge in [0.15, 0.2) is 0 Å². The van der Waals surface area contributed by atoms with Gasteiger partial charge in [-0.1, -0.05) is 72.3 Å². The molecule has 0 aliphatic heterocycles. The highest BCUT2D eigenvalue weighted by atomic mass is 15.1. The van der Waals surface area contributed by atoms with Crippen molar-refractivity contribution < 1.29 is 0 Å². The van der Waals surface area contributed by atoms with Gasteiger partial charge in [0.1, 0.15) is 0 Å². The van der Waals surface area contributed by atoms with Gasteiger partial charge in [-0.15, -0.1) is 0 Å². The lowest BCUT2D eigenvalue weighted by atomic mass is 10.0. The van der Waals surface area contributed by atoms with Crippen LogP contribution in [0.2, 0.25) is 0 Å². The first-order chi connectivity index (χ1) is 12.8. The van der Waals surface area contributed by atoms with Gasteiger partial charge in [0.05, 0.1) is 0 Å². The molecule has 0 unspecified atom stereocenters. The summed E-state index contributed by atoms with van der Waals surface area (Å²) in [4.78, 5) is 2.38. The normalized spacial score (nSPS) is 13.7. The van der Waals surface area contributed by atoms with Gasteiger partial charge in [0, 0.05) is 17.1 Å². The summed E-state index contributed by atoms with van der Waals surface area (Å²) in [6.07, 6.45) is 6.78. The molecule has 0 radical (unpaired) electrons. The molecule has 0 saturated carbocycles. The average molecular weight is 337 g/mol. The van der Waals surface area contributed by atoms with Gasteiger partial charge < -0.3 is 4.90 Å². The predicted octanol–water partition coefficient (Wildman–Crippen LogP) is 7.12. The molecule has 1 aliphatic rings. The van der Waals surface area contributed by atoms with Crippen molar-refractivity contribution in [2.75, 3.05) is 4.90 Å². The van der Waals surface area contributed by atoms with E-state index in [0.717, 1.165) is 12.8 Å². The standard InChI is InChI=1S/C25H23N/c1-20-9-8-14-25(19-20)26(23-12-6-3-7-13-23)24-17-15-22(16-18-24)21-10-4-2-5-11-21/h2-7,9-13,15-19H,8,14H2,1H3. The minimum atomic E-state index is 1.06. The lowest BCUT2D eigenvalue weighted by molar-refractivity contribution is 0.905. The van der Waals surface area contributed by atoms with E-state index in [-0.39, 0.29) is 0 Å². The highest BCUT2D eigenvalue weighted by Crippen LogP contribution is 2.35. The summed E-state index contributed by atoms with van der Waals surface area (Å²) in [7, 11) is 0. The van der Waals surface area contributed by atoms with Gasteiger partial charge in [0.25, 0.3) is 0 Å². The molecule has 0 spiro atoms. The van der Waals surface area contributed by atoms with Crippen molar-refractivity contribution in [1.82, 2.24) is 0 Å². The maximum atomic E-state index is 2.38. The lowest BCUT2D eigenvalue weighted by Gasteiger charge is -2.29. The Bertz CT molecular complexity index is 919. The van der Waals surface area contributed by atoms with Crippen molar-refractivity contribution in [3.8, 4) is 11.1 Å². The molecule has 0 heterocycles. The topological polar surface area (TPSA) is 3.24 Å². The molecule has 3 aromatic rings. The van der Waals surface area contributed by atoms with Crippen LogP contribution in [0.4, 0.5) is 11.4 Å². The maximum absolute atomic E-state index is 2.38. The van der Waals surface area contributed by atoms with Crippen LogP contribution < -0.4 is 4.90 Å². The first-order valence-corrected chi connectivity index (χ1v) is 9.19. The molecule has 1 heteroatoms. The number of nitrogens with zero attached hydrogens (tertiary/aromatic N) is 1. The number of hydrogen-bond donors (Lipinski definition) is 0. The Kier molecular flexibility index (Phi) is 4.70. The van der Waals surface area contributed by atoms with Crippen LogP contribution in [-0.2, 0) is 0 Å². The van der Waals surface area contributed by atoms with Crippen LogP contribution in [0.3, 0.4) is 0 Å². The van der Waals surface area contributed by atoms with Crippen LogP contribution in [0.25, 0.3) is 11.1 Å². The minimum absolute atomic E-state index is 1.06. The predicted molar refractivity (Wildman–Crippen MR) is 112 cm³/mol. The third-order valence-electron chi connectivity index (χ3n) is 4.80. The Hall–Kier alpha value is -3.06. The lowest BCUT2D eigenvalue weighted by Crippen LogP contribution is -2.17. The maximum Gasteiger partial charge on any atom is 0.0458 e. The summed E-state index contributed by atoms with van der Waals surface area (Å²) >= 11 is 0. The van der Waals surface area contributed by atoms with Gasteiger partial charge in [-0.3, -0.25) is 0 Å². The van der Waals surface area contributed by atoms with Crippen LogP contribution >= 0.6 is 0 Å². The number of allylic oxidation sites excluding steroid dienone is 4. The zero-order chi connectivity index (χ0) is 17.8. The van der Waals surface area contributed by atoms with E-state index < -0.39 is 0 Å². The third-order valence-corrected chi connectivity index (χ3v) is 4.80. The van der Waals surface area contributed by atoms with Gasteiger partial charge >= 0.3 is 0 Å². The summed E-state index contributed by atoms with van der Waals surface area (Å²) in [5, 5.41) is 0. The van der Waals surface area contributed by atoms with Crippen LogP contribution in [0.15, 0.2) is 108 Å². The van der Waals surface area contributed by atoms with Crippen LogP contribution in [0.5, 0.6) is 0 Å². The molecular weight excluding hydrogens is 314 g/mol. The number of hydrogen-bond acceptors (Lipinski definition) is 1. The first-order valence-electron chi connectivity index (χ1n) is 9.19.